The summed E-state index contributed by atoms with van der Waals surface area (Å²) in [4.78, 5) is 13.5. The lowest BCUT2D eigenvalue weighted by molar-refractivity contribution is -0.138. The molecule has 0 N–H and O–H groups in total. The Morgan fingerprint density at radius 3 is 2.39 bits per heavy atom. The summed E-state index contributed by atoms with van der Waals surface area (Å²) < 4.78 is 41.7. The summed E-state index contributed by atoms with van der Waals surface area (Å²) in [5, 5.41) is 9.00. The number of ether oxygens (including phenoxy) is 1. The van der Waals surface area contributed by atoms with Gasteiger partial charge in [-0.05, 0) is 54.5 Å². The Kier molecular flexibility index (Phi) is 13.6. The number of nitrogens with zero attached hydrogens (tertiary/aromatic N) is 2. The highest BCUT2D eigenvalue weighted by Crippen LogP contribution is 2.31. The first kappa shape index (κ1) is 31.5. The van der Waals surface area contributed by atoms with E-state index in [0.29, 0.717) is 46.9 Å². The second-order valence-corrected chi connectivity index (χ2v) is 9.19. The number of carbonyl (C=O) groups excluding carboxylic acids is 1. The van der Waals surface area contributed by atoms with Crippen LogP contribution >= 0.6 is 11.6 Å². The summed E-state index contributed by atoms with van der Waals surface area (Å²) in [5.41, 5.74) is 1.44. The molecule has 0 radical (unpaired) electrons. The van der Waals surface area contributed by atoms with Gasteiger partial charge in [-0.3, -0.25) is 4.79 Å². The second kappa shape index (κ2) is 15.5. The van der Waals surface area contributed by atoms with Crippen LogP contribution in [0.2, 0.25) is 5.02 Å². The first-order valence-electron chi connectivity index (χ1n) is 12.1. The molecule has 1 aliphatic rings. The highest BCUT2D eigenvalue weighted by Gasteiger charge is 2.32. The summed E-state index contributed by atoms with van der Waals surface area (Å²) in [5.74, 6) is 1.52. The molecule has 1 amide bonds. The van der Waals surface area contributed by atoms with Crippen molar-refractivity contribution in [2.45, 2.75) is 53.1 Å². The molecule has 0 bridgehead atoms. The Labute approximate surface area is 218 Å². The lowest BCUT2D eigenvalue weighted by Crippen LogP contribution is -2.29. The maximum Gasteiger partial charge on any atom is 0.416 e. The molecule has 1 saturated heterocycles. The number of carbonyl (C=O) groups is 1. The zero-order valence-corrected chi connectivity index (χ0v) is 22.4. The van der Waals surface area contributed by atoms with Crippen molar-refractivity contribution < 1.29 is 22.7 Å². The molecule has 0 saturated carbocycles. The fraction of sp³-hybridized carbons (Fsp3) is 0.500. The molecule has 198 valence electrons. The van der Waals surface area contributed by atoms with Gasteiger partial charge in [0.25, 0.3) is 0 Å². The molecule has 1 fully saturated rings. The highest BCUT2D eigenvalue weighted by atomic mass is 35.5. The minimum atomic E-state index is -4.22. The van der Waals surface area contributed by atoms with Crippen molar-refractivity contribution in [1.29, 1.82) is 5.26 Å². The molecule has 0 aromatic heterocycles. The predicted octanol–water partition coefficient (Wildman–Crippen LogP) is 7.32. The standard InChI is InChI=1S/C11H21NO2.C9H9F3.C8H6ClN/c1-4-9(2)10-7-11(13)12(8-10)5-6-14-3;1-2-7-5-3-4-6-8(7)9(10,11)12;1-6-2-3-7(5-10)8(9)4-6/h9-10H,4-8H2,1-3H3;3-6H,2H2,1H3;2-4H,1H3. The number of benzene rings is 2. The third kappa shape index (κ3) is 10.2. The van der Waals surface area contributed by atoms with Gasteiger partial charge < -0.3 is 9.64 Å². The Morgan fingerprint density at radius 2 is 1.89 bits per heavy atom. The summed E-state index contributed by atoms with van der Waals surface area (Å²) in [6.07, 6.45) is -1.91. The normalized spacial score (nSPS) is 15.8. The molecule has 2 atom stereocenters. The summed E-state index contributed by atoms with van der Waals surface area (Å²) >= 11 is 5.71. The third-order valence-electron chi connectivity index (χ3n) is 6.21. The molecule has 3 rings (SSSR count). The first-order chi connectivity index (χ1) is 17.0. The molecule has 0 aliphatic carbocycles. The zero-order chi connectivity index (χ0) is 27.3. The number of hydrogen-bond donors (Lipinski definition) is 0. The van der Waals surface area contributed by atoms with E-state index in [1.165, 1.54) is 12.1 Å². The fourth-order valence-electron chi connectivity index (χ4n) is 3.75. The van der Waals surface area contributed by atoms with E-state index in [1.807, 2.05) is 24.0 Å². The van der Waals surface area contributed by atoms with Crippen LogP contribution in [0.15, 0.2) is 42.5 Å². The van der Waals surface area contributed by atoms with Crippen LogP contribution < -0.4 is 0 Å². The topological polar surface area (TPSA) is 53.3 Å². The number of methoxy groups -OCH3 is 1. The van der Waals surface area contributed by atoms with Crippen molar-refractivity contribution in [1.82, 2.24) is 4.90 Å². The van der Waals surface area contributed by atoms with Gasteiger partial charge in [0.1, 0.15) is 6.07 Å². The van der Waals surface area contributed by atoms with Crippen molar-refractivity contribution in [3.05, 3.63) is 69.7 Å². The smallest absolute Gasteiger partial charge is 0.383 e. The molecule has 1 aliphatic heterocycles. The highest BCUT2D eigenvalue weighted by molar-refractivity contribution is 6.31. The van der Waals surface area contributed by atoms with E-state index in [9.17, 15) is 18.0 Å². The van der Waals surface area contributed by atoms with Gasteiger partial charge in [0.05, 0.1) is 22.8 Å². The largest absolute Gasteiger partial charge is 0.416 e. The average molecular weight is 525 g/mol. The van der Waals surface area contributed by atoms with E-state index in [1.54, 1.807) is 32.2 Å². The van der Waals surface area contributed by atoms with Gasteiger partial charge in [-0.25, -0.2) is 0 Å². The minimum Gasteiger partial charge on any atom is -0.383 e. The van der Waals surface area contributed by atoms with Gasteiger partial charge in [0.2, 0.25) is 5.91 Å². The molecular formula is C28H36ClF3N2O2. The summed E-state index contributed by atoms with van der Waals surface area (Å²) in [6, 6.07) is 13.0. The van der Waals surface area contributed by atoms with Crippen LogP contribution in [0.1, 0.15) is 55.9 Å². The van der Waals surface area contributed by atoms with E-state index >= 15 is 0 Å². The lowest BCUT2D eigenvalue weighted by Gasteiger charge is -2.18. The third-order valence-corrected chi connectivity index (χ3v) is 6.52. The number of amides is 1. The number of rotatable bonds is 6. The van der Waals surface area contributed by atoms with Crippen LogP contribution in [0.4, 0.5) is 13.2 Å². The maximum atomic E-state index is 12.2. The van der Waals surface area contributed by atoms with Gasteiger partial charge in [-0.1, -0.05) is 63.1 Å². The van der Waals surface area contributed by atoms with Crippen LogP contribution in [-0.2, 0) is 22.1 Å². The van der Waals surface area contributed by atoms with Crippen LogP contribution in [0.25, 0.3) is 0 Å². The Morgan fingerprint density at radius 1 is 1.22 bits per heavy atom. The summed E-state index contributed by atoms with van der Waals surface area (Å²) in [6.45, 7) is 10.4. The van der Waals surface area contributed by atoms with E-state index < -0.39 is 11.7 Å². The van der Waals surface area contributed by atoms with Gasteiger partial charge in [-0.15, -0.1) is 0 Å². The Balaban J connectivity index is 0.000000274. The van der Waals surface area contributed by atoms with Crippen LogP contribution in [-0.4, -0.2) is 37.6 Å². The minimum absolute atomic E-state index is 0.298. The number of aryl methyl sites for hydroxylation is 2. The van der Waals surface area contributed by atoms with Crippen molar-refractivity contribution in [2.24, 2.45) is 11.8 Å². The van der Waals surface area contributed by atoms with E-state index in [0.717, 1.165) is 37.6 Å². The second-order valence-electron chi connectivity index (χ2n) is 8.79. The molecule has 0 spiro atoms. The molecule has 4 nitrogen and oxygen atoms in total. The van der Waals surface area contributed by atoms with Gasteiger partial charge in [0.15, 0.2) is 0 Å². The summed E-state index contributed by atoms with van der Waals surface area (Å²) in [7, 11) is 1.67. The van der Waals surface area contributed by atoms with Gasteiger partial charge in [0, 0.05) is 26.6 Å². The van der Waals surface area contributed by atoms with E-state index in [-0.39, 0.29) is 0 Å². The van der Waals surface area contributed by atoms with Crippen LogP contribution in [0.5, 0.6) is 0 Å². The number of alkyl halides is 3. The van der Waals surface area contributed by atoms with Crippen LogP contribution in [0, 0.1) is 30.1 Å². The number of likely N-dealkylation sites (tertiary alicyclic amines) is 1. The van der Waals surface area contributed by atoms with Crippen molar-refractivity contribution in [2.75, 3.05) is 26.8 Å². The van der Waals surface area contributed by atoms with Crippen molar-refractivity contribution >= 4 is 17.5 Å². The predicted molar refractivity (Wildman–Crippen MR) is 138 cm³/mol. The molecule has 2 aromatic rings. The quantitative estimate of drug-likeness (QED) is 0.398. The van der Waals surface area contributed by atoms with E-state index in [4.69, 9.17) is 21.6 Å². The maximum absolute atomic E-state index is 12.2. The first-order valence-corrected chi connectivity index (χ1v) is 12.4. The van der Waals surface area contributed by atoms with E-state index in [2.05, 4.69) is 13.8 Å². The van der Waals surface area contributed by atoms with Gasteiger partial charge >= 0.3 is 6.18 Å². The van der Waals surface area contributed by atoms with Crippen LogP contribution in [0.3, 0.4) is 0 Å². The molecule has 2 aromatic carbocycles. The number of halogens is 4. The van der Waals surface area contributed by atoms with Crippen molar-refractivity contribution in [3.63, 3.8) is 0 Å². The molecule has 2 unspecified atom stereocenters. The number of nitriles is 1. The number of hydrogen-bond acceptors (Lipinski definition) is 3. The molecule has 36 heavy (non-hydrogen) atoms. The molecule has 1 heterocycles. The molecule has 8 heteroatoms. The lowest BCUT2D eigenvalue weighted by atomic mass is 9.91. The Hall–Kier alpha value is -2.56. The Bertz CT molecular complexity index is 1010. The fourth-order valence-corrected chi connectivity index (χ4v) is 4.03. The monoisotopic (exact) mass is 524 g/mol. The van der Waals surface area contributed by atoms with Gasteiger partial charge in [-0.2, -0.15) is 18.4 Å². The molecular weight excluding hydrogens is 489 g/mol. The SMILES string of the molecule is CCC(C)C1CC(=O)N(CCOC)C1.CCc1ccccc1C(F)(F)F.Cc1ccc(C#N)c(Cl)c1. The zero-order valence-electron chi connectivity index (χ0n) is 21.7. The van der Waals surface area contributed by atoms with Crippen molar-refractivity contribution in [3.8, 4) is 6.07 Å². The average Bonchev–Trinajstić information content (AvgIpc) is 3.22.